The zero-order valence-electron chi connectivity index (χ0n) is 16.9. The Morgan fingerprint density at radius 3 is 2.14 bits per heavy atom. The van der Waals surface area contributed by atoms with Gasteiger partial charge in [0.05, 0.1) is 17.2 Å². The van der Waals surface area contributed by atoms with E-state index in [-0.39, 0.29) is 23.4 Å². The Hall–Kier alpha value is -2.25. The number of anilines is 1. The smallest absolute Gasteiger partial charge is 0.264 e. The second kappa shape index (κ2) is 10.5. The van der Waals surface area contributed by atoms with Crippen LogP contribution in [0.15, 0.2) is 53.4 Å². The van der Waals surface area contributed by atoms with E-state index >= 15 is 0 Å². The number of amides is 1. The topological polar surface area (TPSA) is 75.7 Å². The number of hydrogen-bond acceptors (Lipinski definition) is 4. The van der Waals surface area contributed by atoms with Gasteiger partial charge in [-0.2, -0.15) is 0 Å². The van der Waals surface area contributed by atoms with E-state index in [9.17, 15) is 13.2 Å². The molecule has 1 amide bonds. The van der Waals surface area contributed by atoms with E-state index in [0.717, 1.165) is 17.1 Å². The number of nitrogens with one attached hydrogen (secondary N) is 1. The number of hydrogen-bond donors (Lipinski definition) is 1. The Bertz CT molecular complexity index is 895. The van der Waals surface area contributed by atoms with Gasteiger partial charge in [-0.25, -0.2) is 8.42 Å². The summed E-state index contributed by atoms with van der Waals surface area (Å²) in [7, 11) is -3.97. The minimum Gasteiger partial charge on any atom is -0.494 e. The number of ether oxygens (including phenoxy) is 1. The molecule has 0 radical (unpaired) electrons. The van der Waals surface area contributed by atoms with Gasteiger partial charge in [0.15, 0.2) is 0 Å². The Kier molecular flexibility index (Phi) is 8.34. The van der Waals surface area contributed by atoms with Gasteiger partial charge in [0, 0.05) is 11.1 Å². The Morgan fingerprint density at radius 1 is 1.03 bits per heavy atom. The normalized spacial score (nSPS) is 11.3. The van der Waals surface area contributed by atoms with Crippen molar-refractivity contribution in [2.24, 2.45) is 0 Å². The Morgan fingerprint density at radius 2 is 1.62 bits per heavy atom. The standard InChI is InChI=1S/C21H27ClN2O4S/c1-4-17(5-2)23-21(25)15-24(18-9-11-19(12-10-18)28-6-3)29(26,27)20-13-7-16(22)8-14-20/h7-14,17H,4-6,15H2,1-3H3,(H,23,25). The molecule has 0 bridgehead atoms. The number of rotatable bonds is 10. The second-order valence-electron chi connectivity index (χ2n) is 6.47. The van der Waals surface area contributed by atoms with Crippen molar-refractivity contribution < 1.29 is 17.9 Å². The molecule has 6 nitrogen and oxygen atoms in total. The van der Waals surface area contributed by atoms with Crippen LogP contribution in [-0.4, -0.2) is 33.5 Å². The van der Waals surface area contributed by atoms with Crippen LogP contribution in [0.4, 0.5) is 5.69 Å². The van der Waals surface area contributed by atoms with Gasteiger partial charge in [-0.15, -0.1) is 0 Å². The fraction of sp³-hybridized carbons (Fsp3) is 0.381. The van der Waals surface area contributed by atoms with Crippen LogP contribution in [0.3, 0.4) is 0 Å². The molecule has 0 fully saturated rings. The van der Waals surface area contributed by atoms with Crippen molar-refractivity contribution in [1.82, 2.24) is 5.32 Å². The highest BCUT2D eigenvalue weighted by Crippen LogP contribution is 2.26. The lowest BCUT2D eigenvalue weighted by atomic mass is 10.2. The van der Waals surface area contributed by atoms with E-state index in [1.807, 2.05) is 20.8 Å². The van der Waals surface area contributed by atoms with Crippen molar-refractivity contribution in [3.63, 3.8) is 0 Å². The van der Waals surface area contributed by atoms with Gasteiger partial charge in [-0.3, -0.25) is 9.10 Å². The number of carbonyl (C=O) groups is 1. The summed E-state index contributed by atoms with van der Waals surface area (Å²) in [5.74, 6) is 0.270. The molecule has 2 aromatic carbocycles. The van der Waals surface area contributed by atoms with Crippen LogP contribution in [0.25, 0.3) is 0 Å². The number of benzene rings is 2. The molecule has 29 heavy (non-hydrogen) atoms. The fourth-order valence-corrected chi connectivity index (χ4v) is 4.37. The lowest BCUT2D eigenvalue weighted by Gasteiger charge is -2.25. The van der Waals surface area contributed by atoms with E-state index in [2.05, 4.69) is 5.32 Å². The van der Waals surface area contributed by atoms with Gasteiger partial charge < -0.3 is 10.1 Å². The Labute approximate surface area is 177 Å². The monoisotopic (exact) mass is 438 g/mol. The highest BCUT2D eigenvalue weighted by molar-refractivity contribution is 7.92. The lowest BCUT2D eigenvalue weighted by Crippen LogP contribution is -2.44. The minimum atomic E-state index is -3.97. The SMILES string of the molecule is CCOc1ccc(N(CC(=O)NC(CC)CC)S(=O)(=O)c2ccc(Cl)cc2)cc1. The van der Waals surface area contributed by atoms with Crippen LogP contribution >= 0.6 is 11.6 Å². The maximum atomic E-state index is 13.3. The average molecular weight is 439 g/mol. The molecule has 0 heterocycles. The molecule has 0 aliphatic carbocycles. The summed E-state index contributed by atoms with van der Waals surface area (Å²) in [5, 5.41) is 3.32. The number of carbonyl (C=O) groups excluding carboxylic acids is 1. The first-order valence-electron chi connectivity index (χ1n) is 9.62. The van der Waals surface area contributed by atoms with Gasteiger partial charge in [0.2, 0.25) is 5.91 Å². The average Bonchev–Trinajstić information content (AvgIpc) is 2.71. The third kappa shape index (κ3) is 6.11. The zero-order valence-corrected chi connectivity index (χ0v) is 18.5. The third-order valence-electron chi connectivity index (χ3n) is 4.48. The van der Waals surface area contributed by atoms with Gasteiger partial charge in [-0.05, 0) is 68.3 Å². The number of nitrogens with zero attached hydrogens (tertiary/aromatic N) is 1. The molecule has 0 unspecified atom stereocenters. The van der Waals surface area contributed by atoms with Gasteiger partial charge in [0.25, 0.3) is 10.0 Å². The van der Waals surface area contributed by atoms with Crippen LogP contribution < -0.4 is 14.4 Å². The zero-order chi connectivity index (χ0) is 21.4. The molecule has 0 saturated carbocycles. The van der Waals surface area contributed by atoms with Crippen molar-refractivity contribution in [3.8, 4) is 5.75 Å². The first kappa shape index (κ1) is 23.0. The van der Waals surface area contributed by atoms with Crippen LogP contribution in [0.1, 0.15) is 33.6 Å². The molecular weight excluding hydrogens is 412 g/mol. The summed E-state index contributed by atoms with van der Waals surface area (Å²) in [6, 6.07) is 12.5. The second-order valence-corrected chi connectivity index (χ2v) is 8.77. The molecule has 2 aromatic rings. The lowest BCUT2D eigenvalue weighted by molar-refractivity contribution is -0.120. The molecule has 0 atom stereocenters. The van der Waals surface area contributed by atoms with E-state index in [0.29, 0.717) is 23.1 Å². The first-order valence-corrected chi connectivity index (χ1v) is 11.4. The highest BCUT2D eigenvalue weighted by Gasteiger charge is 2.27. The third-order valence-corrected chi connectivity index (χ3v) is 6.52. The summed E-state index contributed by atoms with van der Waals surface area (Å²) in [6.07, 6.45) is 1.55. The fourth-order valence-electron chi connectivity index (χ4n) is 2.82. The van der Waals surface area contributed by atoms with E-state index in [1.54, 1.807) is 24.3 Å². The molecular formula is C21H27ClN2O4S. The molecule has 1 N–H and O–H groups in total. The number of halogens is 1. The van der Waals surface area contributed by atoms with E-state index in [4.69, 9.17) is 16.3 Å². The van der Waals surface area contributed by atoms with Gasteiger partial charge in [-0.1, -0.05) is 25.4 Å². The van der Waals surface area contributed by atoms with Gasteiger partial charge >= 0.3 is 0 Å². The molecule has 0 aromatic heterocycles. The summed E-state index contributed by atoms with van der Waals surface area (Å²) < 4.78 is 33.1. The van der Waals surface area contributed by atoms with Gasteiger partial charge in [0.1, 0.15) is 12.3 Å². The van der Waals surface area contributed by atoms with Crippen LogP contribution in [-0.2, 0) is 14.8 Å². The molecule has 0 aliphatic rings. The predicted octanol–water partition coefficient (Wildman–Crippen LogP) is 4.24. The highest BCUT2D eigenvalue weighted by atomic mass is 35.5. The largest absolute Gasteiger partial charge is 0.494 e. The van der Waals surface area contributed by atoms with Crippen LogP contribution in [0.5, 0.6) is 5.75 Å². The molecule has 2 rings (SSSR count). The molecule has 158 valence electrons. The summed E-state index contributed by atoms with van der Waals surface area (Å²) in [4.78, 5) is 12.7. The molecule has 0 spiro atoms. The summed E-state index contributed by atoms with van der Waals surface area (Å²) >= 11 is 5.89. The molecule has 0 aliphatic heterocycles. The van der Waals surface area contributed by atoms with Crippen molar-refractivity contribution in [2.75, 3.05) is 17.5 Å². The first-order chi connectivity index (χ1) is 13.8. The van der Waals surface area contributed by atoms with Crippen LogP contribution in [0.2, 0.25) is 5.02 Å². The quantitative estimate of drug-likeness (QED) is 0.602. The summed E-state index contributed by atoms with van der Waals surface area (Å²) in [6.45, 7) is 6.00. The molecule has 8 heteroatoms. The van der Waals surface area contributed by atoms with Crippen molar-refractivity contribution in [1.29, 1.82) is 0 Å². The van der Waals surface area contributed by atoms with E-state index in [1.165, 1.54) is 24.3 Å². The Balaban J connectivity index is 2.39. The van der Waals surface area contributed by atoms with Crippen molar-refractivity contribution in [2.45, 2.75) is 44.6 Å². The molecule has 0 saturated heterocycles. The number of sulfonamides is 1. The van der Waals surface area contributed by atoms with Crippen molar-refractivity contribution >= 4 is 33.2 Å². The maximum Gasteiger partial charge on any atom is 0.264 e. The van der Waals surface area contributed by atoms with E-state index < -0.39 is 10.0 Å². The van der Waals surface area contributed by atoms with Crippen molar-refractivity contribution in [3.05, 3.63) is 53.6 Å². The van der Waals surface area contributed by atoms with Crippen LogP contribution in [0, 0.1) is 0 Å². The maximum absolute atomic E-state index is 13.3. The summed E-state index contributed by atoms with van der Waals surface area (Å²) in [5.41, 5.74) is 0.378. The minimum absolute atomic E-state index is 0.00270. The predicted molar refractivity (Wildman–Crippen MR) is 116 cm³/mol.